The highest BCUT2D eigenvalue weighted by molar-refractivity contribution is 7.07. The number of allylic oxidation sites excluding steroid dienone is 1. The van der Waals surface area contributed by atoms with Gasteiger partial charge in [0.15, 0.2) is 4.80 Å². The first kappa shape index (κ1) is 28.3. The summed E-state index contributed by atoms with van der Waals surface area (Å²) >= 11 is 7.11. The Hall–Kier alpha value is -4.28. The standard InChI is InChI=1S/C30H26ClN3O6S/c1-5-39-29(36)26-17(4)32-30-33(27(26)19-8-6-18(7-9-19)16(2)3)28(35)25(41-30)15-21-11-13-24(40-21)22-12-10-20(31)14-23(22)34(37)38/h6-16,27H,5H2,1-4H3/b25-15-/t27-/m0/s1. The molecular weight excluding hydrogens is 566 g/mol. The lowest BCUT2D eigenvalue weighted by Gasteiger charge is -2.25. The van der Waals surface area contributed by atoms with Crippen LogP contribution in [0.15, 0.2) is 80.1 Å². The molecule has 4 aromatic rings. The number of aromatic nitrogens is 1. The van der Waals surface area contributed by atoms with Crippen molar-refractivity contribution in [3.63, 3.8) is 0 Å². The van der Waals surface area contributed by atoms with Crippen molar-refractivity contribution in [2.75, 3.05) is 6.61 Å². The molecule has 0 N–H and O–H groups in total. The number of hydrogen-bond donors (Lipinski definition) is 0. The van der Waals surface area contributed by atoms with Crippen LogP contribution in [0.3, 0.4) is 0 Å². The number of hydrogen-bond acceptors (Lipinski definition) is 8. The molecule has 0 unspecified atom stereocenters. The molecule has 1 aliphatic rings. The van der Waals surface area contributed by atoms with E-state index in [4.69, 9.17) is 20.8 Å². The summed E-state index contributed by atoms with van der Waals surface area (Å²) in [5, 5.41) is 11.8. The van der Waals surface area contributed by atoms with Crippen LogP contribution in [0.1, 0.15) is 56.5 Å². The molecule has 1 aliphatic heterocycles. The summed E-state index contributed by atoms with van der Waals surface area (Å²) in [5.41, 5.74) is 2.39. The molecule has 11 heteroatoms. The second-order valence-corrected chi connectivity index (χ2v) is 11.2. The molecule has 41 heavy (non-hydrogen) atoms. The van der Waals surface area contributed by atoms with E-state index in [9.17, 15) is 19.7 Å². The topological polar surface area (TPSA) is 117 Å². The largest absolute Gasteiger partial charge is 0.463 e. The number of carbonyl (C=O) groups excluding carboxylic acids is 1. The number of esters is 1. The Morgan fingerprint density at radius 1 is 1.22 bits per heavy atom. The fourth-order valence-corrected chi connectivity index (χ4v) is 5.93. The second kappa shape index (κ2) is 11.3. The van der Waals surface area contributed by atoms with Gasteiger partial charge in [-0.1, -0.05) is 61.1 Å². The van der Waals surface area contributed by atoms with Gasteiger partial charge < -0.3 is 9.15 Å². The molecule has 3 heterocycles. The first-order chi connectivity index (χ1) is 19.6. The van der Waals surface area contributed by atoms with Crippen molar-refractivity contribution >= 4 is 40.7 Å². The molecular formula is C30H26ClN3O6S. The quantitative estimate of drug-likeness (QED) is 0.154. The zero-order chi connectivity index (χ0) is 29.4. The number of nitrogens with zero attached hydrogens (tertiary/aromatic N) is 3. The predicted octanol–water partition coefficient (Wildman–Crippen LogP) is 5.74. The Labute approximate surface area is 243 Å². The van der Waals surface area contributed by atoms with E-state index in [1.54, 1.807) is 38.1 Å². The van der Waals surface area contributed by atoms with Crippen molar-refractivity contribution in [1.82, 2.24) is 4.57 Å². The van der Waals surface area contributed by atoms with E-state index in [-0.39, 0.29) is 34.2 Å². The zero-order valence-electron chi connectivity index (χ0n) is 22.7. The van der Waals surface area contributed by atoms with E-state index in [2.05, 4.69) is 18.8 Å². The lowest BCUT2D eigenvalue weighted by molar-refractivity contribution is -0.384. The first-order valence-electron chi connectivity index (χ1n) is 12.9. The zero-order valence-corrected chi connectivity index (χ0v) is 24.3. The maximum atomic E-state index is 13.8. The molecule has 2 aromatic heterocycles. The van der Waals surface area contributed by atoms with Crippen LogP contribution in [0.2, 0.25) is 5.02 Å². The van der Waals surface area contributed by atoms with Gasteiger partial charge in [-0.2, -0.15) is 0 Å². The van der Waals surface area contributed by atoms with Gasteiger partial charge in [0.05, 0.1) is 38.9 Å². The Kier molecular flexibility index (Phi) is 7.79. The van der Waals surface area contributed by atoms with E-state index in [0.717, 1.165) is 11.1 Å². The van der Waals surface area contributed by atoms with E-state index < -0.39 is 16.9 Å². The fourth-order valence-electron chi connectivity index (χ4n) is 4.74. The minimum absolute atomic E-state index is 0.186. The highest BCUT2D eigenvalue weighted by Gasteiger charge is 2.33. The van der Waals surface area contributed by atoms with E-state index in [0.29, 0.717) is 32.3 Å². The molecule has 0 bridgehead atoms. The summed E-state index contributed by atoms with van der Waals surface area (Å²) in [7, 11) is 0. The van der Waals surface area contributed by atoms with Crippen molar-refractivity contribution in [3.8, 4) is 11.3 Å². The third-order valence-electron chi connectivity index (χ3n) is 6.76. The summed E-state index contributed by atoms with van der Waals surface area (Å²) in [6, 6.07) is 14.7. The summed E-state index contributed by atoms with van der Waals surface area (Å²) in [6.07, 6.45) is 1.57. The lowest BCUT2D eigenvalue weighted by atomic mass is 9.93. The van der Waals surface area contributed by atoms with Crippen molar-refractivity contribution in [1.29, 1.82) is 0 Å². The summed E-state index contributed by atoms with van der Waals surface area (Å²) in [6.45, 7) is 7.84. The Balaban J connectivity index is 1.63. The van der Waals surface area contributed by atoms with Gasteiger partial charge in [-0.05, 0) is 55.2 Å². The summed E-state index contributed by atoms with van der Waals surface area (Å²) in [4.78, 5) is 43.0. The Morgan fingerprint density at radius 3 is 2.61 bits per heavy atom. The van der Waals surface area contributed by atoms with Crippen LogP contribution >= 0.6 is 22.9 Å². The third kappa shape index (κ3) is 5.40. The van der Waals surface area contributed by atoms with Crippen LogP contribution in [0.5, 0.6) is 0 Å². The molecule has 210 valence electrons. The van der Waals surface area contributed by atoms with Crippen LogP contribution in [-0.2, 0) is 9.53 Å². The summed E-state index contributed by atoms with van der Waals surface area (Å²) in [5.74, 6) is 0.381. The number of thiazole rings is 1. The Bertz CT molecular complexity index is 1880. The fraction of sp³-hybridized carbons (Fsp3) is 0.233. The minimum Gasteiger partial charge on any atom is -0.463 e. The number of halogens is 1. The number of ether oxygens (including phenoxy) is 1. The molecule has 0 radical (unpaired) electrons. The number of fused-ring (bicyclic) bond motifs is 1. The lowest BCUT2D eigenvalue weighted by Crippen LogP contribution is -2.39. The maximum absolute atomic E-state index is 13.8. The van der Waals surface area contributed by atoms with E-state index in [1.807, 2.05) is 24.3 Å². The van der Waals surface area contributed by atoms with Crippen LogP contribution in [-0.4, -0.2) is 22.1 Å². The van der Waals surface area contributed by atoms with Crippen molar-refractivity contribution in [2.45, 2.75) is 39.7 Å². The number of rotatable bonds is 7. The molecule has 5 rings (SSSR count). The van der Waals surface area contributed by atoms with Gasteiger partial charge in [0.2, 0.25) is 0 Å². The van der Waals surface area contributed by atoms with Crippen LogP contribution in [0, 0.1) is 10.1 Å². The van der Waals surface area contributed by atoms with Gasteiger partial charge in [0, 0.05) is 17.2 Å². The van der Waals surface area contributed by atoms with Gasteiger partial charge in [-0.3, -0.25) is 19.5 Å². The highest BCUT2D eigenvalue weighted by Crippen LogP contribution is 2.34. The average molecular weight is 592 g/mol. The molecule has 0 saturated heterocycles. The van der Waals surface area contributed by atoms with Crippen molar-refractivity contribution < 1.29 is 18.9 Å². The number of nitro groups is 1. The molecule has 9 nitrogen and oxygen atoms in total. The highest BCUT2D eigenvalue weighted by atomic mass is 35.5. The van der Waals surface area contributed by atoms with Crippen molar-refractivity contribution in [3.05, 3.63) is 118 Å². The number of nitro benzene ring substituents is 1. The van der Waals surface area contributed by atoms with Crippen LogP contribution in [0.25, 0.3) is 17.4 Å². The first-order valence-corrected chi connectivity index (χ1v) is 14.1. The Morgan fingerprint density at radius 2 is 1.95 bits per heavy atom. The molecule has 0 spiro atoms. The SMILES string of the molecule is CCOC(=O)C1=C(C)N=c2s/c(=C\c3ccc(-c4ccc(Cl)cc4[N+](=O)[O-])o3)c(=O)n2[C@H]1c1ccc(C(C)C)cc1. The molecule has 1 atom stereocenters. The predicted molar refractivity (Wildman–Crippen MR) is 157 cm³/mol. The van der Waals surface area contributed by atoms with Gasteiger partial charge in [0.25, 0.3) is 11.2 Å². The van der Waals surface area contributed by atoms with Crippen molar-refractivity contribution in [2.24, 2.45) is 4.99 Å². The summed E-state index contributed by atoms with van der Waals surface area (Å²) < 4.78 is 13.1. The molecule has 0 aliphatic carbocycles. The van der Waals surface area contributed by atoms with E-state index >= 15 is 0 Å². The molecule has 0 amide bonds. The van der Waals surface area contributed by atoms with Crippen LogP contribution in [0.4, 0.5) is 5.69 Å². The molecule has 0 fully saturated rings. The number of furan rings is 1. The third-order valence-corrected chi connectivity index (χ3v) is 7.98. The normalized spacial score (nSPS) is 15.2. The van der Waals surface area contributed by atoms with E-state index in [1.165, 1.54) is 28.0 Å². The van der Waals surface area contributed by atoms with Crippen LogP contribution < -0.4 is 14.9 Å². The monoisotopic (exact) mass is 591 g/mol. The smallest absolute Gasteiger partial charge is 0.338 e. The number of benzene rings is 2. The second-order valence-electron chi connectivity index (χ2n) is 9.74. The average Bonchev–Trinajstić information content (AvgIpc) is 3.52. The minimum atomic E-state index is -0.724. The van der Waals surface area contributed by atoms with Gasteiger partial charge >= 0.3 is 5.97 Å². The number of carbonyl (C=O) groups is 1. The molecule has 0 saturated carbocycles. The molecule has 2 aromatic carbocycles. The van der Waals surface area contributed by atoms with Gasteiger partial charge in [0.1, 0.15) is 11.5 Å². The van der Waals surface area contributed by atoms with Gasteiger partial charge in [-0.25, -0.2) is 9.79 Å². The van der Waals surface area contributed by atoms with Gasteiger partial charge in [-0.15, -0.1) is 0 Å². The maximum Gasteiger partial charge on any atom is 0.338 e.